The Morgan fingerprint density at radius 3 is 2.60 bits per heavy atom. The van der Waals surface area contributed by atoms with Crippen LogP contribution in [0.15, 0.2) is 65.1 Å². The second kappa shape index (κ2) is 8.48. The zero-order valence-electron chi connectivity index (χ0n) is 14.3. The third-order valence-corrected chi connectivity index (χ3v) is 4.52. The molecule has 0 bridgehead atoms. The molecule has 0 fully saturated rings. The number of aryl methyl sites for hydroxylation is 1. The molecule has 128 valence electrons. The molecule has 1 aromatic heterocycles. The average molecular weight is 352 g/mol. The van der Waals surface area contributed by atoms with E-state index in [1.165, 1.54) is 11.1 Å². The lowest BCUT2D eigenvalue weighted by Crippen LogP contribution is -1.94. The van der Waals surface area contributed by atoms with E-state index in [0.29, 0.717) is 6.61 Å². The van der Waals surface area contributed by atoms with Crippen LogP contribution in [0.25, 0.3) is 0 Å². The molecule has 3 aromatic rings. The van der Waals surface area contributed by atoms with E-state index in [2.05, 4.69) is 46.5 Å². The van der Waals surface area contributed by atoms with Crippen molar-refractivity contribution in [3.8, 4) is 5.75 Å². The van der Waals surface area contributed by atoms with E-state index in [4.69, 9.17) is 4.74 Å². The summed E-state index contributed by atoms with van der Waals surface area (Å²) in [6, 6.07) is 16.3. The van der Waals surface area contributed by atoms with Crippen LogP contribution in [0.3, 0.4) is 0 Å². The Hall–Kier alpha value is -2.60. The monoisotopic (exact) mass is 352 g/mol. The van der Waals surface area contributed by atoms with Crippen LogP contribution in [0.1, 0.15) is 23.6 Å². The van der Waals surface area contributed by atoms with E-state index in [0.717, 1.165) is 22.2 Å². The third kappa shape index (κ3) is 4.93. The topological polar surface area (TPSA) is 52.3 Å². The van der Waals surface area contributed by atoms with Crippen LogP contribution in [-0.4, -0.2) is 27.7 Å². The Kier molecular flexibility index (Phi) is 5.85. The molecule has 0 radical (unpaired) electrons. The summed E-state index contributed by atoms with van der Waals surface area (Å²) in [5.74, 6) is 1.69. The maximum atomic E-state index is 5.44. The summed E-state index contributed by atoms with van der Waals surface area (Å²) in [6.07, 6.45) is 3.40. The van der Waals surface area contributed by atoms with Crippen LogP contribution < -0.4 is 4.74 Å². The number of aromatic nitrogens is 3. The van der Waals surface area contributed by atoms with E-state index in [-0.39, 0.29) is 0 Å². The van der Waals surface area contributed by atoms with Crippen molar-refractivity contribution < 1.29 is 4.74 Å². The van der Waals surface area contributed by atoms with Crippen LogP contribution in [0.5, 0.6) is 5.75 Å². The van der Waals surface area contributed by atoms with E-state index >= 15 is 0 Å². The van der Waals surface area contributed by atoms with Crippen molar-refractivity contribution in [3.05, 3.63) is 71.5 Å². The number of thioether (sulfide) groups is 1. The number of hydrogen-bond acceptors (Lipinski definition) is 5. The summed E-state index contributed by atoms with van der Waals surface area (Å²) in [6.45, 7) is 4.72. The highest BCUT2D eigenvalue weighted by molar-refractivity contribution is 7.98. The predicted molar refractivity (Wildman–Crippen MR) is 101 cm³/mol. The first-order valence-electron chi connectivity index (χ1n) is 8.10. The highest BCUT2D eigenvalue weighted by Crippen LogP contribution is 2.20. The Bertz CT molecular complexity index is 825. The molecular weight excluding hydrogens is 332 g/mol. The fourth-order valence-corrected chi connectivity index (χ4v) is 2.99. The zero-order chi connectivity index (χ0) is 17.5. The summed E-state index contributed by atoms with van der Waals surface area (Å²) < 4.78 is 7.13. The van der Waals surface area contributed by atoms with Crippen molar-refractivity contribution in [1.82, 2.24) is 14.9 Å². The van der Waals surface area contributed by atoms with Gasteiger partial charge in [-0.2, -0.15) is 9.78 Å². The van der Waals surface area contributed by atoms with E-state index < -0.39 is 0 Å². The maximum Gasteiger partial charge on any atom is 0.212 e. The average Bonchev–Trinajstić information content (AvgIpc) is 3.08. The van der Waals surface area contributed by atoms with Crippen molar-refractivity contribution in [3.63, 3.8) is 0 Å². The summed E-state index contributed by atoms with van der Waals surface area (Å²) in [5, 5.41) is 13.3. The summed E-state index contributed by atoms with van der Waals surface area (Å²) >= 11 is 1.61. The van der Waals surface area contributed by atoms with Gasteiger partial charge < -0.3 is 4.74 Å². The van der Waals surface area contributed by atoms with Gasteiger partial charge in [0.2, 0.25) is 5.16 Å². The summed E-state index contributed by atoms with van der Waals surface area (Å²) in [7, 11) is 0. The van der Waals surface area contributed by atoms with Crippen LogP contribution >= 0.6 is 11.8 Å². The minimum absolute atomic E-state index is 0.662. The van der Waals surface area contributed by atoms with Crippen LogP contribution in [0.2, 0.25) is 0 Å². The van der Waals surface area contributed by atoms with Gasteiger partial charge in [0.1, 0.15) is 12.1 Å². The van der Waals surface area contributed by atoms with Gasteiger partial charge >= 0.3 is 0 Å². The molecule has 3 rings (SSSR count). The Balaban J connectivity index is 1.63. The van der Waals surface area contributed by atoms with Crippen molar-refractivity contribution in [2.45, 2.75) is 24.8 Å². The molecule has 0 N–H and O–H groups in total. The molecular formula is C19H20N4OS. The highest BCUT2D eigenvalue weighted by atomic mass is 32.2. The number of rotatable bonds is 7. The van der Waals surface area contributed by atoms with Gasteiger partial charge in [0.15, 0.2) is 0 Å². The molecule has 0 aliphatic carbocycles. The molecule has 25 heavy (non-hydrogen) atoms. The lowest BCUT2D eigenvalue weighted by molar-refractivity contribution is 0.340. The zero-order valence-corrected chi connectivity index (χ0v) is 15.1. The first-order chi connectivity index (χ1) is 12.2. The molecule has 1 heterocycles. The van der Waals surface area contributed by atoms with Gasteiger partial charge in [-0.05, 0) is 49.2 Å². The fourth-order valence-electron chi connectivity index (χ4n) is 2.17. The Labute approximate surface area is 151 Å². The van der Waals surface area contributed by atoms with E-state index in [1.807, 2.05) is 31.2 Å². The minimum Gasteiger partial charge on any atom is -0.494 e. The molecule has 0 unspecified atom stereocenters. The van der Waals surface area contributed by atoms with Gasteiger partial charge in [-0.3, -0.25) is 0 Å². The third-order valence-electron chi connectivity index (χ3n) is 3.51. The van der Waals surface area contributed by atoms with Gasteiger partial charge in [-0.1, -0.05) is 41.6 Å². The molecule has 0 aliphatic rings. The molecule has 0 aliphatic heterocycles. The minimum atomic E-state index is 0.662. The van der Waals surface area contributed by atoms with E-state index in [9.17, 15) is 0 Å². The lowest BCUT2D eigenvalue weighted by Gasteiger charge is -2.03. The first kappa shape index (κ1) is 17.2. The Morgan fingerprint density at radius 2 is 1.88 bits per heavy atom. The van der Waals surface area contributed by atoms with Gasteiger partial charge in [0, 0.05) is 5.75 Å². The van der Waals surface area contributed by atoms with Gasteiger partial charge in [-0.15, -0.1) is 10.2 Å². The normalized spacial score (nSPS) is 11.1. The van der Waals surface area contributed by atoms with Crippen molar-refractivity contribution in [2.24, 2.45) is 5.10 Å². The van der Waals surface area contributed by atoms with Crippen molar-refractivity contribution in [2.75, 3.05) is 6.61 Å². The number of ether oxygens (including phenoxy) is 1. The summed E-state index contributed by atoms with van der Waals surface area (Å²) in [4.78, 5) is 0. The van der Waals surface area contributed by atoms with Gasteiger partial charge in [-0.25, -0.2) is 0 Å². The van der Waals surface area contributed by atoms with Crippen molar-refractivity contribution >= 4 is 18.0 Å². The number of benzene rings is 2. The SMILES string of the molecule is CCOc1ccc(/C=N\n2cnnc2SCc2ccc(C)cc2)cc1. The Morgan fingerprint density at radius 1 is 1.12 bits per heavy atom. The summed E-state index contributed by atoms with van der Waals surface area (Å²) in [5.41, 5.74) is 3.50. The second-order valence-corrected chi connectivity index (χ2v) is 6.42. The first-order valence-corrected chi connectivity index (χ1v) is 9.09. The lowest BCUT2D eigenvalue weighted by atomic mass is 10.2. The highest BCUT2D eigenvalue weighted by Gasteiger charge is 2.04. The fraction of sp³-hybridized carbons (Fsp3) is 0.211. The van der Waals surface area contributed by atoms with E-state index in [1.54, 1.807) is 29.0 Å². The molecule has 6 heteroatoms. The van der Waals surface area contributed by atoms with Gasteiger partial charge in [0.05, 0.1) is 12.8 Å². The van der Waals surface area contributed by atoms with Crippen LogP contribution in [0.4, 0.5) is 0 Å². The maximum absolute atomic E-state index is 5.44. The standard InChI is InChI=1S/C19H20N4OS/c1-3-24-18-10-8-16(9-11-18)12-21-23-14-20-22-19(23)25-13-17-6-4-15(2)5-7-17/h4-12,14H,3,13H2,1-2H3/b21-12-. The second-order valence-electron chi connectivity index (χ2n) is 5.48. The molecule has 5 nitrogen and oxygen atoms in total. The molecule has 0 saturated heterocycles. The molecule has 0 saturated carbocycles. The smallest absolute Gasteiger partial charge is 0.212 e. The van der Waals surface area contributed by atoms with Crippen molar-refractivity contribution in [1.29, 1.82) is 0 Å². The molecule has 2 aromatic carbocycles. The largest absolute Gasteiger partial charge is 0.494 e. The molecule has 0 amide bonds. The number of nitrogens with zero attached hydrogens (tertiary/aromatic N) is 4. The van der Waals surface area contributed by atoms with Crippen LogP contribution in [0, 0.1) is 6.92 Å². The quantitative estimate of drug-likeness (QED) is 0.473. The molecule has 0 spiro atoms. The van der Waals surface area contributed by atoms with Crippen LogP contribution in [-0.2, 0) is 5.75 Å². The predicted octanol–water partition coefficient (Wildman–Crippen LogP) is 4.16. The molecule has 0 atom stereocenters. The van der Waals surface area contributed by atoms with Gasteiger partial charge in [0.25, 0.3) is 0 Å². The number of hydrogen-bond donors (Lipinski definition) is 0.